The van der Waals surface area contributed by atoms with E-state index in [0.717, 1.165) is 16.8 Å². The minimum absolute atomic E-state index is 0.477. The first kappa shape index (κ1) is 16.0. The molecule has 2 nitrogen and oxygen atoms in total. The molecule has 0 spiro atoms. The van der Waals surface area contributed by atoms with Gasteiger partial charge in [-0.1, -0.05) is 84.0 Å². The zero-order valence-corrected chi connectivity index (χ0v) is 14.1. The van der Waals surface area contributed by atoms with Crippen LogP contribution < -0.4 is 0 Å². The maximum absolute atomic E-state index is 5.57. The summed E-state index contributed by atoms with van der Waals surface area (Å²) in [5, 5.41) is 4.35. The monoisotopic (exact) mass is 315 g/mol. The van der Waals surface area contributed by atoms with Crippen LogP contribution in [0.4, 0.5) is 0 Å². The lowest BCUT2D eigenvalue weighted by Gasteiger charge is -2.12. The quantitative estimate of drug-likeness (QED) is 0.443. The van der Waals surface area contributed by atoms with Crippen molar-refractivity contribution in [1.29, 1.82) is 0 Å². The first-order valence-electron chi connectivity index (χ1n) is 8.11. The van der Waals surface area contributed by atoms with Gasteiger partial charge in [0.1, 0.15) is 6.61 Å². The van der Waals surface area contributed by atoms with E-state index in [-0.39, 0.29) is 0 Å². The lowest BCUT2D eigenvalue weighted by molar-refractivity contribution is 0.130. The Morgan fingerprint density at radius 1 is 0.833 bits per heavy atom. The number of rotatable bonds is 5. The molecule has 0 N–H and O–H groups in total. The summed E-state index contributed by atoms with van der Waals surface area (Å²) in [6.07, 6.45) is 0. The molecule has 3 aromatic rings. The Hall–Kier alpha value is -2.87. The van der Waals surface area contributed by atoms with Crippen molar-refractivity contribution in [3.8, 4) is 11.1 Å². The van der Waals surface area contributed by atoms with Gasteiger partial charge in [-0.3, -0.25) is 0 Å². The van der Waals surface area contributed by atoms with E-state index in [4.69, 9.17) is 4.84 Å². The molecule has 0 aromatic heterocycles. The van der Waals surface area contributed by atoms with Gasteiger partial charge >= 0.3 is 0 Å². The highest BCUT2D eigenvalue weighted by molar-refractivity contribution is 6.05. The molecule has 0 heterocycles. The molecule has 0 saturated carbocycles. The molecule has 0 saturated heterocycles. The maximum Gasteiger partial charge on any atom is 0.142 e. The third-order valence-corrected chi connectivity index (χ3v) is 3.99. The second kappa shape index (κ2) is 7.60. The number of benzene rings is 3. The number of oxime groups is 1. The summed E-state index contributed by atoms with van der Waals surface area (Å²) in [4.78, 5) is 5.57. The smallest absolute Gasteiger partial charge is 0.142 e. The Bertz CT molecular complexity index is 823. The van der Waals surface area contributed by atoms with Crippen molar-refractivity contribution in [3.63, 3.8) is 0 Å². The summed E-state index contributed by atoms with van der Waals surface area (Å²) >= 11 is 0. The van der Waals surface area contributed by atoms with Crippen LogP contribution in [0.1, 0.15) is 23.6 Å². The van der Waals surface area contributed by atoms with Crippen molar-refractivity contribution in [2.75, 3.05) is 0 Å². The van der Waals surface area contributed by atoms with Crippen molar-refractivity contribution in [2.24, 2.45) is 5.16 Å². The number of hydrogen-bond donors (Lipinski definition) is 0. The van der Waals surface area contributed by atoms with Crippen LogP contribution in [-0.4, -0.2) is 5.71 Å². The van der Waals surface area contributed by atoms with Gasteiger partial charge in [-0.05, 0) is 36.1 Å². The first-order chi connectivity index (χ1) is 11.8. The highest BCUT2D eigenvalue weighted by atomic mass is 16.6. The van der Waals surface area contributed by atoms with E-state index < -0.39 is 0 Å². The summed E-state index contributed by atoms with van der Waals surface area (Å²) in [7, 11) is 0. The van der Waals surface area contributed by atoms with Crippen molar-refractivity contribution < 1.29 is 4.84 Å². The predicted octanol–water partition coefficient (Wildman–Crippen LogP) is 5.60. The van der Waals surface area contributed by atoms with Gasteiger partial charge in [-0.25, -0.2) is 0 Å². The Kier molecular flexibility index (Phi) is 5.07. The average molecular weight is 315 g/mol. The van der Waals surface area contributed by atoms with E-state index in [2.05, 4.69) is 54.5 Å². The van der Waals surface area contributed by atoms with E-state index in [1.807, 2.05) is 43.3 Å². The molecule has 0 aliphatic heterocycles. The van der Waals surface area contributed by atoms with Crippen LogP contribution in [0.3, 0.4) is 0 Å². The van der Waals surface area contributed by atoms with Crippen LogP contribution in [-0.2, 0) is 11.4 Å². The third kappa shape index (κ3) is 3.72. The Labute approximate surface area is 143 Å². The standard InChI is InChI=1S/C22H21NO/c1-17-10-9-15-21(20-13-7-4-8-14-20)22(17)18(2)23-24-16-19-11-5-3-6-12-19/h3-15H,16H2,1-2H3/b23-18+. The molecule has 2 heteroatoms. The van der Waals surface area contributed by atoms with Crippen LogP contribution in [0, 0.1) is 6.92 Å². The molecule has 24 heavy (non-hydrogen) atoms. The summed E-state index contributed by atoms with van der Waals surface area (Å²) in [6, 6.07) is 26.8. The van der Waals surface area contributed by atoms with Gasteiger partial charge in [0, 0.05) is 5.56 Å². The summed E-state index contributed by atoms with van der Waals surface area (Å²) in [5.74, 6) is 0. The fourth-order valence-corrected chi connectivity index (χ4v) is 2.83. The van der Waals surface area contributed by atoms with E-state index in [9.17, 15) is 0 Å². The minimum Gasteiger partial charge on any atom is -0.391 e. The van der Waals surface area contributed by atoms with Crippen molar-refractivity contribution in [3.05, 3.63) is 95.6 Å². The van der Waals surface area contributed by atoms with E-state index >= 15 is 0 Å². The highest BCUT2D eigenvalue weighted by Gasteiger charge is 2.11. The van der Waals surface area contributed by atoms with Gasteiger partial charge in [0.05, 0.1) is 5.71 Å². The molecule has 0 amide bonds. The van der Waals surface area contributed by atoms with Crippen molar-refractivity contribution in [1.82, 2.24) is 0 Å². The van der Waals surface area contributed by atoms with Gasteiger partial charge in [0.2, 0.25) is 0 Å². The number of nitrogens with zero attached hydrogens (tertiary/aromatic N) is 1. The van der Waals surface area contributed by atoms with E-state index in [0.29, 0.717) is 6.61 Å². The molecule has 0 unspecified atom stereocenters. The third-order valence-electron chi connectivity index (χ3n) is 3.99. The van der Waals surface area contributed by atoms with Crippen LogP contribution in [0.25, 0.3) is 11.1 Å². The summed E-state index contributed by atoms with van der Waals surface area (Å²) in [5.41, 5.74) is 6.71. The molecular weight excluding hydrogens is 294 g/mol. The Balaban J connectivity index is 1.86. The lowest BCUT2D eigenvalue weighted by atomic mass is 9.93. The second-order valence-electron chi connectivity index (χ2n) is 5.80. The van der Waals surface area contributed by atoms with Crippen LogP contribution >= 0.6 is 0 Å². The minimum atomic E-state index is 0.477. The zero-order valence-electron chi connectivity index (χ0n) is 14.1. The molecule has 0 aliphatic carbocycles. The SMILES string of the molecule is C/C(=N\OCc1ccccc1)c1c(C)cccc1-c1ccccc1. The molecule has 0 radical (unpaired) electrons. The highest BCUT2D eigenvalue weighted by Crippen LogP contribution is 2.26. The topological polar surface area (TPSA) is 21.6 Å². The zero-order chi connectivity index (χ0) is 16.8. The summed E-state index contributed by atoms with van der Waals surface area (Å²) in [6.45, 7) is 4.59. The Morgan fingerprint density at radius 2 is 1.50 bits per heavy atom. The number of hydrogen-bond acceptors (Lipinski definition) is 2. The van der Waals surface area contributed by atoms with Crippen LogP contribution in [0.2, 0.25) is 0 Å². The fourth-order valence-electron chi connectivity index (χ4n) is 2.83. The van der Waals surface area contributed by atoms with Gasteiger partial charge in [-0.15, -0.1) is 0 Å². The van der Waals surface area contributed by atoms with Gasteiger partial charge in [-0.2, -0.15) is 0 Å². The first-order valence-corrected chi connectivity index (χ1v) is 8.11. The fraction of sp³-hybridized carbons (Fsp3) is 0.136. The second-order valence-corrected chi connectivity index (χ2v) is 5.80. The van der Waals surface area contributed by atoms with Crippen LogP contribution in [0.5, 0.6) is 0 Å². The summed E-state index contributed by atoms with van der Waals surface area (Å²) < 4.78 is 0. The number of aryl methyl sites for hydroxylation is 1. The molecule has 0 aliphatic rings. The normalized spacial score (nSPS) is 11.3. The molecule has 120 valence electrons. The molecule has 0 fully saturated rings. The molecule has 0 bridgehead atoms. The molecular formula is C22H21NO. The van der Waals surface area contributed by atoms with Gasteiger partial charge in [0.15, 0.2) is 0 Å². The average Bonchev–Trinajstić information content (AvgIpc) is 2.63. The maximum atomic E-state index is 5.57. The van der Waals surface area contributed by atoms with Gasteiger partial charge in [0.25, 0.3) is 0 Å². The van der Waals surface area contributed by atoms with Crippen molar-refractivity contribution in [2.45, 2.75) is 20.5 Å². The molecule has 3 rings (SSSR count). The lowest BCUT2D eigenvalue weighted by Crippen LogP contribution is -2.02. The van der Waals surface area contributed by atoms with Crippen LogP contribution in [0.15, 0.2) is 84.0 Å². The van der Waals surface area contributed by atoms with E-state index in [1.165, 1.54) is 16.7 Å². The predicted molar refractivity (Wildman–Crippen MR) is 100 cm³/mol. The van der Waals surface area contributed by atoms with Gasteiger partial charge < -0.3 is 4.84 Å². The molecule has 0 atom stereocenters. The Morgan fingerprint density at radius 3 is 2.21 bits per heavy atom. The largest absolute Gasteiger partial charge is 0.391 e. The van der Waals surface area contributed by atoms with Crippen molar-refractivity contribution >= 4 is 5.71 Å². The van der Waals surface area contributed by atoms with E-state index in [1.54, 1.807) is 0 Å². The molecule has 3 aromatic carbocycles.